The minimum absolute atomic E-state index is 0.00978. The van der Waals surface area contributed by atoms with E-state index in [-0.39, 0.29) is 18.4 Å². The zero-order chi connectivity index (χ0) is 20.1. The highest BCUT2D eigenvalue weighted by Crippen LogP contribution is 2.32. The third kappa shape index (κ3) is 4.71. The van der Waals surface area contributed by atoms with Gasteiger partial charge in [0.15, 0.2) is 0 Å². The summed E-state index contributed by atoms with van der Waals surface area (Å²) in [6, 6.07) is 15.4. The SMILES string of the molecule is O=C(CN1C(=O)CSc2cccn2-c2ccccc21)NCCSCc1ccco1. The van der Waals surface area contributed by atoms with Crippen molar-refractivity contribution < 1.29 is 14.0 Å². The Bertz CT molecular complexity index is 985. The maximum absolute atomic E-state index is 12.8. The van der Waals surface area contributed by atoms with Crippen molar-refractivity contribution >= 4 is 41.0 Å². The molecule has 3 aromatic rings. The molecule has 2 aromatic heterocycles. The number of furan rings is 1. The van der Waals surface area contributed by atoms with Crippen LogP contribution < -0.4 is 10.2 Å². The molecule has 0 bridgehead atoms. The molecule has 150 valence electrons. The number of thioether (sulfide) groups is 2. The molecule has 0 saturated carbocycles. The fourth-order valence-electron chi connectivity index (χ4n) is 3.13. The maximum atomic E-state index is 12.8. The van der Waals surface area contributed by atoms with E-state index >= 15 is 0 Å². The van der Waals surface area contributed by atoms with E-state index in [0.717, 1.165) is 33.7 Å². The molecule has 29 heavy (non-hydrogen) atoms. The van der Waals surface area contributed by atoms with Gasteiger partial charge in [0.2, 0.25) is 11.8 Å². The normalized spacial score (nSPS) is 13.4. The predicted octanol–water partition coefficient (Wildman–Crippen LogP) is 3.56. The van der Waals surface area contributed by atoms with Gasteiger partial charge >= 0.3 is 0 Å². The Kier molecular flexibility index (Phi) is 6.31. The molecule has 8 heteroatoms. The highest BCUT2D eigenvalue weighted by atomic mass is 32.2. The van der Waals surface area contributed by atoms with Gasteiger partial charge in [-0.15, -0.1) is 0 Å². The molecule has 6 nitrogen and oxygen atoms in total. The molecular formula is C21H21N3O3S2. The highest BCUT2D eigenvalue weighted by Gasteiger charge is 2.25. The van der Waals surface area contributed by atoms with Gasteiger partial charge in [-0.25, -0.2) is 0 Å². The standard InChI is InChI=1S/C21H21N3O3S2/c25-19(22-9-12-28-14-16-5-4-11-27-16)13-24-18-7-2-1-6-17(18)23-10-3-8-21(23)29-15-20(24)26/h1-8,10-11H,9,12-15H2,(H,22,25). The quantitative estimate of drug-likeness (QED) is 0.584. The largest absolute Gasteiger partial charge is 0.468 e. The minimum atomic E-state index is -0.162. The number of carbonyl (C=O) groups excluding carboxylic acids is 2. The predicted molar refractivity (Wildman–Crippen MR) is 117 cm³/mol. The summed E-state index contributed by atoms with van der Waals surface area (Å²) in [6.45, 7) is 0.556. The zero-order valence-electron chi connectivity index (χ0n) is 15.7. The van der Waals surface area contributed by atoms with Crippen molar-refractivity contribution in [2.75, 3.05) is 29.5 Å². The molecule has 1 N–H and O–H groups in total. The molecule has 0 radical (unpaired) electrons. The van der Waals surface area contributed by atoms with Crippen LogP contribution in [0.5, 0.6) is 0 Å². The van der Waals surface area contributed by atoms with Crippen LogP contribution in [0.25, 0.3) is 5.69 Å². The molecule has 0 spiro atoms. The van der Waals surface area contributed by atoms with Gasteiger partial charge < -0.3 is 19.2 Å². The van der Waals surface area contributed by atoms with Gasteiger partial charge in [0.05, 0.1) is 34.2 Å². The summed E-state index contributed by atoms with van der Waals surface area (Å²) < 4.78 is 7.35. The molecule has 1 aromatic carbocycles. The summed E-state index contributed by atoms with van der Waals surface area (Å²) in [5.74, 6) is 2.54. The number of para-hydroxylation sites is 2. The fraction of sp³-hybridized carbons (Fsp3) is 0.238. The number of amides is 2. The van der Waals surface area contributed by atoms with Gasteiger partial charge in [0.25, 0.3) is 0 Å². The lowest BCUT2D eigenvalue weighted by atomic mass is 10.2. The van der Waals surface area contributed by atoms with E-state index in [4.69, 9.17) is 4.42 Å². The average Bonchev–Trinajstić information content (AvgIpc) is 3.41. The van der Waals surface area contributed by atoms with Crippen LogP contribution in [0, 0.1) is 0 Å². The monoisotopic (exact) mass is 427 g/mol. The first kappa shape index (κ1) is 19.7. The van der Waals surface area contributed by atoms with Gasteiger partial charge in [-0.2, -0.15) is 11.8 Å². The van der Waals surface area contributed by atoms with Gasteiger partial charge in [-0.05, 0) is 36.4 Å². The van der Waals surface area contributed by atoms with Crippen LogP contribution in [0.3, 0.4) is 0 Å². The van der Waals surface area contributed by atoms with Crippen molar-refractivity contribution in [3.8, 4) is 5.69 Å². The summed E-state index contributed by atoms with van der Waals surface area (Å²) in [5.41, 5.74) is 1.65. The Hall–Kier alpha value is -2.58. The van der Waals surface area contributed by atoms with Crippen LogP contribution in [0.1, 0.15) is 5.76 Å². The second kappa shape index (κ2) is 9.28. The van der Waals surface area contributed by atoms with Crippen LogP contribution in [0.4, 0.5) is 5.69 Å². The molecular weight excluding hydrogens is 406 g/mol. The number of nitrogens with one attached hydrogen (secondary N) is 1. The summed E-state index contributed by atoms with van der Waals surface area (Å²) >= 11 is 3.17. The first-order valence-electron chi connectivity index (χ1n) is 9.29. The van der Waals surface area contributed by atoms with Gasteiger partial charge in [0.1, 0.15) is 12.3 Å². The van der Waals surface area contributed by atoms with E-state index in [1.807, 2.05) is 54.7 Å². The maximum Gasteiger partial charge on any atom is 0.240 e. The van der Waals surface area contributed by atoms with Crippen molar-refractivity contribution in [2.24, 2.45) is 0 Å². The topological polar surface area (TPSA) is 67.5 Å². The Morgan fingerprint density at radius 1 is 1.14 bits per heavy atom. The molecule has 0 atom stereocenters. The number of anilines is 1. The number of benzene rings is 1. The van der Waals surface area contributed by atoms with Crippen molar-refractivity contribution in [1.82, 2.24) is 9.88 Å². The van der Waals surface area contributed by atoms with Crippen molar-refractivity contribution in [3.63, 3.8) is 0 Å². The Morgan fingerprint density at radius 2 is 2.00 bits per heavy atom. The number of hydrogen-bond donors (Lipinski definition) is 1. The second-order valence-electron chi connectivity index (χ2n) is 6.46. The number of rotatable bonds is 7. The van der Waals surface area contributed by atoms with E-state index in [1.165, 1.54) is 11.8 Å². The molecule has 2 amide bonds. The zero-order valence-corrected chi connectivity index (χ0v) is 17.4. The lowest BCUT2D eigenvalue weighted by Crippen LogP contribution is -2.43. The fourth-order valence-corrected chi connectivity index (χ4v) is 4.79. The van der Waals surface area contributed by atoms with Gasteiger partial charge in [0, 0.05) is 18.5 Å². The van der Waals surface area contributed by atoms with Crippen LogP contribution in [0.15, 0.2) is 70.4 Å². The van der Waals surface area contributed by atoms with E-state index in [1.54, 1.807) is 22.9 Å². The van der Waals surface area contributed by atoms with E-state index in [0.29, 0.717) is 12.3 Å². The van der Waals surface area contributed by atoms with E-state index in [9.17, 15) is 9.59 Å². The summed E-state index contributed by atoms with van der Waals surface area (Å²) in [5, 5.41) is 3.93. The number of nitrogens with zero attached hydrogens (tertiary/aromatic N) is 2. The molecule has 0 unspecified atom stereocenters. The Labute approximate surface area is 177 Å². The summed E-state index contributed by atoms with van der Waals surface area (Å²) in [7, 11) is 0. The molecule has 1 aliphatic heterocycles. The molecule has 0 fully saturated rings. The number of hydrogen-bond acceptors (Lipinski definition) is 5. The lowest BCUT2D eigenvalue weighted by molar-refractivity contribution is -0.122. The van der Waals surface area contributed by atoms with Crippen LogP contribution in [-0.2, 0) is 15.3 Å². The Morgan fingerprint density at radius 3 is 2.83 bits per heavy atom. The first-order chi connectivity index (χ1) is 14.2. The van der Waals surface area contributed by atoms with E-state index in [2.05, 4.69) is 9.88 Å². The van der Waals surface area contributed by atoms with Crippen molar-refractivity contribution in [1.29, 1.82) is 0 Å². The van der Waals surface area contributed by atoms with Gasteiger partial charge in [-0.1, -0.05) is 23.9 Å². The molecule has 3 heterocycles. The van der Waals surface area contributed by atoms with Crippen molar-refractivity contribution in [2.45, 2.75) is 10.8 Å². The minimum Gasteiger partial charge on any atom is -0.468 e. The van der Waals surface area contributed by atoms with Crippen LogP contribution in [0.2, 0.25) is 0 Å². The summed E-state index contributed by atoms with van der Waals surface area (Å²) in [4.78, 5) is 26.9. The van der Waals surface area contributed by atoms with Crippen LogP contribution >= 0.6 is 23.5 Å². The number of aromatic nitrogens is 1. The van der Waals surface area contributed by atoms with Crippen LogP contribution in [-0.4, -0.2) is 41.0 Å². The highest BCUT2D eigenvalue weighted by molar-refractivity contribution is 8.00. The lowest BCUT2D eigenvalue weighted by Gasteiger charge is -2.27. The first-order valence-corrected chi connectivity index (χ1v) is 11.4. The average molecular weight is 428 g/mol. The summed E-state index contributed by atoms with van der Waals surface area (Å²) in [6.07, 6.45) is 3.64. The van der Waals surface area contributed by atoms with Gasteiger partial charge in [-0.3, -0.25) is 9.59 Å². The smallest absolute Gasteiger partial charge is 0.240 e. The second-order valence-corrected chi connectivity index (χ2v) is 8.56. The Balaban J connectivity index is 1.39. The number of carbonyl (C=O) groups is 2. The molecule has 0 aliphatic carbocycles. The third-order valence-corrected chi connectivity index (χ3v) is 6.48. The number of fused-ring (bicyclic) bond motifs is 3. The molecule has 0 saturated heterocycles. The van der Waals surface area contributed by atoms with Crippen molar-refractivity contribution in [3.05, 3.63) is 66.8 Å². The third-order valence-electron chi connectivity index (χ3n) is 4.48. The molecule has 4 rings (SSSR count). The molecule has 1 aliphatic rings. The van der Waals surface area contributed by atoms with E-state index < -0.39 is 0 Å².